The Balaban J connectivity index is 1.45. The van der Waals surface area contributed by atoms with E-state index in [2.05, 4.69) is 33.7 Å². The van der Waals surface area contributed by atoms with Crippen molar-refractivity contribution in [3.8, 4) is 11.4 Å². The van der Waals surface area contributed by atoms with E-state index in [1.807, 2.05) is 58.5 Å². The molecule has 31 heavy (non-hydrogen) atoms. The number of carbonyl (C=O) groups is 1. The predicted molar refractivity (Wildman–Crippen MR) is 128 cm³/mol. The lowest BCUT2D eigenvalue weighted by Gasteiger charge is -2.11. The zero-order chi connectivity index (χ0) is 21.5. The third kappa shape index (κ3) is 5.97. The molecular weight excluding hydrogens is 448 g/mol. The largest absolute Gasteiger partial charge is 0.355 e. The van der Waals surface area contributed by atoms with E-state index in [1.54, 1.807) is 11.3 Å². The van der Waals surface area contributed by atoms with Crippen molar-refractivity contribution in [2.75, 3.05) is 12.3 Å². The van der Waals surface area contributed by atoms with E-state index < -0.39 is 0 Å². The zero-order valence-corrected chi connectivity index (χ0v) is 19.1. The molecule has 0 radical (unpaired) electrons. The van der Waals surface area contributed by atoms with Crippen LogP contribution in [0, 0.1) is 0 Å². The van der Waals surface area contributed by atoms with Crippen LogP contribution in [0.5, 0.6) is 0 Å². The fraction of sp³-hybridized carbons (Fsp3) is 0.174. The number of hydrogen-bond acceptors (Lipinski definition) is 5. The smallest absolute Gasteiger partial charge is 0.230 e. The lowest BCUT2D eigenvalue weighted by molar-refractivity contribution is -0.118. The van der Waals surface area contributed by atoms with Crippen molar-refractivity contribution >= 4 is 40.6 Å². The number of amides is 1. The molecule has 0 unspecified atom stereocenters. The third-order valence-corrected chi connectivity index (χ3v) is 6.76. The number of aromatic nitrogens is 3. The SMILES string of the molecule is O=C(CSc1nnc(-c2ccc(Cl)cc2)n1Cc1ccccc1)NCCc1cccs1. The minimum absolute atomic E-state index is 0.0103. The van der Waals surface area contributed by atoms with Crippen LogP contribution in [0.3, 0.4) is 0 Å². The van der Waals surface area contributed by atoms with Crippen molar-refractivity contribution < 1.29 is 4.79 Å². The van der Waals surface area contributed by atoms with Crippen LogP contribution in [-0.4, -0.2) is 33.0 Å². The summed E-state index contributed by atoms with van der Waals surface area (Å²) in [5.41, 5.74) is 2.07. The molecule has 0 fully saturated rings. The first kappa shape index (κ1) is 21.6. The summed E-state index contributed by atoms with van der Waals surface area (Å²) in [6.07, 6.45) is 0.846. The average molecular weight is 469 g/mol. The van der Waals surface area contributed by atoms with Crippen molar-refractivity contribution in [1.82, 2.24) is 20.1 Å². The molecular formula is C23H21ClN4OS2. The number of benzene rings is 2. The van der Waals surface area contributed by atoms with Crippen molar-refractivity contribution in [2.45, 2.75) is 18.1 Å². The number of hydrogen-bond donors (Lipinski definition) is 1. The topological polar surface area (TPSA) is 59.8 Å². The van der Waals surface area contributed by atoms with Gasteiger partial charge >= 0.3 is 0 Å². The van der Waals surface area contributed by atoms with Gasteiger partial charge in [0.2, 0.25) is 5.91 Å². The normalized spacial score (nSPS) is 10.9. The van der Waals surface area contributed by atoms with Gasteiger partial charge < -0.3 is 5.32 Å². The summed E-state index contributed by atoms with van der Waals surface area (Å²) in [5, 5.41) is 15.2. The molecule has 0 aliphatic carbocycles. The second kappa shape index (κ2) is 10.6. The fourth-order valence-corrected chi connectivity index (χ4v) is 4.68. The Kier molecular flexibility index (Phi) is 7.40. The summed E-state index contributed by atoms with van der Waals surface area (Å²) in [6, 6.07) is 21.8. The molecule has 4 aromatic rings. The van der Waals surface area contributed by atoms with Crippen LogP contribution < -0.4 is 5.32 Å². The number of thioether (sulfide) groups is 1. The van der Waals surface area contributed by atoms with Crippen LogP contribution in [0.4, 0.5) is 0 Å². The molecule has 2 aromatic heterocycles. The summed E-state index contributed by atoms with van der Waals surface area (Å²) < 4.78 is 2.04. The number of nitrogens with one attached hydrogen (secondary N) is 1. The van der Waals surface area contributed by atoms with Crippen molar-refractivity contribution in [3.05, 3.63) is 87.6 Å². The molecule has 0 atom stereocenters. The highest BCUT2D eigenvalue weighted by atomic mass is 35.5. The Labute approximate surface area is 194 Å². The Hall–Kier alpha value is -2.61. The standard InChI is InChI=1S/C23H21ClN4OS2/c24-19-10-8-18(9-11-19)22-26-27-23(28(22)15-17-5-2-1-3-6-17)31-16-21(29)25-13-12-20-7-4-14-30-20/h1-11,14H,12-13,15-16H2,(H,25,29). The first-order chi connectivity index (χ1) is 15.2. The van der Waals surface area contributed by atoms with E-state index in [0.29, 0.717) is 23.3 Å². The van der Waals surface area contributed by atoms with Gasteiger partial charge in [-0.05, 0) is 47.7 Å². The molecule has 0 aliphatic rings. The van der Waals surface area contributed by atoms with E-state index >= 15 is 0 Å². The van der Waals surface area contributed by atoms with Crippen LogP contribution in [0.2, 0.25) is 5.02 Å². The van der Waals surface area contributed by atoms with Gasteiger partial charge in [0.25, 0.3) is 0 Å². The summed E-state index contributed by atoms with van der Waals surface area (Å²) in [7, 11) is 0. The van der Waals surface area contributed by atoms with E-state index in [1.165, 1.54) is 16.6 Å². The maximum absolute atomic E-state index is 12.3. The number of halogens is 1. The highest BCUT2D eigenvalue weighted by Crippen LogP contribution is 2.26. The second-order valence-electron chi connectivity index (χ2n) is 6.85. The first-order valence-corrected chi connectivity index (χ1v) is 12.1. The van der Waals surface area contributed by atoms with Crippen molar-refractivity contribution in [2.24, 2.45) is 0 Å². The molecule has 8 heteroatoms. The van der Waals surface area contributed by atoms with Crippen LogP contribution in [0.1, 0.15) is 10.4 Å². The summed E-state index contributed by atoms with van der Waals surface area (Å²) in [6.45, 7) is 1.25. The fourth-order valence-electron chi connectivity index (χ4n) is 3.08. The van der Waals surface area contributed by atoms with Crippen LogP contribution in [0.15, 0.2) is 77.3 Å². The van der Waals surface area contributed by atoms with Gasteiger partial charge in [0.15, 0.2) is 11.0 Å². The van der Waals surface area contributed by atoms with Crippen molar-refractivity contribution in [1.29, 1.82) is 0 Å². The molecule has 0 bridgehead atoms. The van der Waals surface area contributed by atoms with Crippen LogP contribution >= 0.6 is 34.7 Å². The number of rotatable bonds is 9. The molecule has 2 aromatic carbocycles. The van der Waals surface area contributed by atoms with Gasteiger partial charge in [0.1, 0.15) is 0 Å². The van der Waals surface area contributed by atoms with E-state index in [0.717, 1.165) is 23.4 Å². The third-order valence-electron chi connectivity index (χ3n) is 4.61. The average Bonchev–Trinajstić information content (AvgIpc) is 3.44. The minimum Gasteiger partial charge on any atom is -0.355 e. The molecule has 1 amide bonds. The molecule has 0 saturated heterocycles. The Morgan fingerprint density at radius 1 is 1.03 bits per heavy atom. The highest BCUT2D eigenvalue weighted by Gasteiger charge is 2.16. The molecule has 0 spiro atoms. The number of nitrogens with zero attached hydrogens (tertiary/aromatic N) is 3. The first-order valence-electron chi connectivity index (χ1n) is 9.84. The second-order valence-corrected chi connectivity index (χ2v) is 9.26. The van der Waals surface area contributed by atoms with E-state index in [9.17, 15) is 4.79 Å². The maximum atomic E-state index is 12.3. The van der Waals surface area contributed by atoms with Gasteiger partial charge in [-0.3, -0.25) is 9.36 Å². The van der Waals surface area contributed by atoms with E-state index in [4.69, 9.17) is 11.6 Å². The lowest BCUT2D eigenvalue weighted by Crippen LogP contribution is -2.27. The van der Waals surface area contributed by atoms with Gasteiger partial charge in [-0.25, -0.2) is 0 Å². The minimum atomic E-state index is -0.0103. The zero-order valence-electron chi connectivity index (χ0n) is 16.7. The summed E-state index contributed by atoms with van der Waals surface area (Å²) in [5.74, 6) is 1.03. The molecule has 1 N–H and O–H groups in total. The highest BCUT2D eigenvalue weighted by molar-refractivity contribution is 7.99. The Bertz CT molecular complexity index is 1110. The van der Waals surface area contributed by atoms with Gasteiger partial charge in [0.05, 0.1) is 12.3 Å². The number of carbonyl (C=O) groups excluding carboxylic acids is 1. The van der Waals surface area contributed by atoms with Crippen LogP contribution in [-0.2, 0) is 17.8 Å². The molecule has 0 aliphatic heterocycles. The van der Waals surface area contributed by atoms with Crippen LogP contribution in [0.25, 0.3) is 11.4 Å². The molecule has 2 heterocycles. The quantitative estimate of drug-likeness (QED) is 0.345. The molecule has 4 rings (SSSR count). The molecule has 0 saturated carbocycles. The van der Waals surface area contributed by atoms with Gasteiger partial charge in [0, 0.05) is 22.0 Å². The molecule has 5 nitrogen and oxygen atoms in total. The Morgan fingerprint density at radius 3 is 2.58 bits per heavy atom. The van der Waals surface area contributed by atoms with Gasteiger partial charge in [-0.2, -0.15) is 0 Å². The summed E-state index contributed by atoms with van der Waals surface area (Å²) >= 11 is 9.14. The number of thiophene rings is 1. The van der Waals surface area contributed by atoms with Gasteiger partial charge in [-0.1, -0.05) is 59.8 Å². The summed E-state index contributed by atoms with van der Waals surface area (Å²) in [4.78, 5) is 13.6. The Morgan fingerprint density at radius 2 is 1.84 bits per heavy atom. The van der Waals surface area contributed by atoms with E-state index in [-0.39, 0.29) is 11.7 Å². The molecule has 158 valence electrons. The van der Waals surface area contributed by atoms with Gasteiger partial charge in [-0.15, -0.1) is 21.5 Å². The lowest BCUT2D eigenvalue weighted by atomic mass is 10.2. The monoisotopic (exact) mass is 468 g/mol. The maximum Gasteiger partial charge on any atom is 0.230 e. The predicted octanol–water partition coefficient (Wildman–Crippen LogP) is 5.16. The van der Waals surface area contributed by atoms with Crippen molar-refractivity contribution in [3.63, 3.8) is 0 Å².